The van der Waals surface area contributed by atoms with Crippen LogP contribution in [0.5, 0.6) is 0 Å². The maximum atomic E-state index is 10.4. The van der Waals surface area contributed by atoms with Crippen molar-refractivity contribution in [2.45, 2.75) is 46.1 Å². The lowest BCUT2D eigenvalue weighted by Gasteiger charge is -2.15. The van der Waals surface area contributed by atoms with Crippen molar-refractivity contribution in [3.8, 4) is 0 Å². The summed E-state index contributed by atoms with van der Waals surface area (Å²) in [5.74, 6) is 1.38. The lowest BCUT2D eigenvalue weighted by molar-refractivity contribution is 0.144. The molecule has 2 rings (SSSR count). The van der Waals surface area contributed by atoms with Crippen LogP contribution in [0.25, 0.3) is 11.0 Å². The Morgan fingerprint density at radius 3 is 2.72 bits per heavy atom. The van der Waals surface area contributed by atoms with Crippen LogP contribution in [0.3, 0.4) is 0 Å². The topological polar surface area (TPSA) is 33.4 Å². The third-order valence-corrected chi connectivity index (χ3v) is 3.56. The minimum Gasteiger partial charge on any atom is -0.461 e. The normalized spacial score (nSPS) is 14.9. The number of hydrogen-bond acceptors (Lipinski definition) is 2. The predicted molar refractivity (Wildman–Crippen MR) is 74.6 cm³/mol. The average molecular weight is 246 g/mol. The molecule has 0 aliphatic heterocycles. The molecule has 2 nitrogen and oxygen atoms in total. The van der Waals surface area contributed by atoms with Gasteiger partial charge in [0, 0.05) is 10.9 Å². The Kier molecular flexibility index (Phi) is 4.07. The largest absolute Gasteiger partial charge is 0.461 e. The van der Waals surface area contributed by atoms with Crippen molar-refractivity contribution >= 4 is 11.0 Å². The molecular formula is C16H22O2. The number of benzene rings is 1. The highest BCUT2D eigenvalue weighted by molar-refractivity contribution is 5.82. The molecular weight excluding hydrogens is 224 g/mol. The van der Waals surface area contributed by atoms with Crippen LogP contribution in [-0.4, -0.2) is 5.11 Å². The summed E-state index contributed by atoms with van der Waals surface area (Å²) in [6, 6.07) is 7.92. The van der Waals surface area contributed by atoms with Gasteiger partial charge in [-0.1, -0.05) is 44.9 Å². The third kappa shape index (κ3) is 2.59. The van der Waals surface area contributed by atoms with Crippen LogP contribution in [0.15, 0.2) is 28.7 Å². The average Bonchev–Trinajstić information content (AvgIpc) is 2.64. The summed E-state index contributed by atoms with van der Waals surface area (Å²) in [5, 5.41) is 11.5. The van der Waals surface area contributed by atoms with Crippen molar-refractivity contribution in [3.05, 3.63) is 35.6 Å². The highest BCUT2D eigenvalue weighted by Gasteiger charge is 2.20. The second-order valence-electron chi connectivity index (χ2n) is 5.21. The molecule has 0 amide bonds. The monoisotopic (exact) mass is 246 g/mol. The molecule has 0 saturated carbocycles. The van der Waals surface area contributed by atoms with Crippen molar-refractivity contribution in [2.24, 2.45) is 5.92 Å². The van der Waals surface area contributed by atoms with Crippen molar-refractivity contribution in [2.75, 3.05) is 0 Å². The van der Waals surface area contributed by atoms with Gasteiger partial charge in [-0.25, -0.2) is 0 Å². The van der Waals surface area contributed by atoms with Crippen molar-refractivity contribution in [1.29, 1.82) is 0 Å². The molecule has 0 saturated heterocycles. The van der Waals surface area contributed by atoms with E-state index in [0.29, 0.717) is 5.92 Å². The van der Waals surface area contributed by atoms with Gasteiger partial charge in [-0.15, -0.1) is 0 Å². The second kappa shape index (κ2) is 5.57. The maximum absolute atomic E-state index is 10.4. The number of hydrogen-bond donors (Lipinski definition) is 1. The summed E-state index contributed by atoms with van der Waals surface area (Å²) >= 11 is 0. The first-order chi connectivity index (χ1) is 8.63. The Morgan fingerprint density at radius 2 is 2.00 bits per heavy atom. The van der Waals surface area contributed by atoms with Crippen molar-refractivity contribution in [3.63, 3.8) is 0 Å². The molecule has 0 spiro atoms. The second-order valence-corrected chi connectivity index (χ2v) is 5.21. The Hall–Kier alpha value is -1.28. The van der Waals surface area contributed by atoms with Gasteiger partial charge >= 0.3 is 0 Å². The molecule has 1 aromatic carbocycles. The lowest BCUT2D eigenvalue weighted by atomic mass is 9.93. The molecule has 0 aliphatic rings. The smallest absolute Gasteiger partial charge is 0.134 e. The molecule has 2 aromatic rings. The fourth-order valence-electron chi connectivity index (χ4n) is 2.71. The summed E-state index contributed by atoms with van der Waals surface area (Å²) in [5.41, 5.74) is 1.83. The first kappa shape index (κ1) is 13.2. The summed E-state index contributed by atoms with van der Waals surface area (Å²) in [4.78, 5) is 0. The molecule has 0 bridgehead atoms. The first-order valence-corrected chi connectivity index (χ1v) is 6.79. The van der Waals surface area contributed by atoms with E-state index in [9.17, 15) is 5.11 Å². The van der Waals surface area contributed by atoms with E-state index in [-0.39, 0.29) is 0 Å². The van der Waals surface area contributed by atoms with Gasteiger partial charge in [0.2, 0.25) is 0 Å². The van der Waals surface area contributed by atoms with Crippen LogP contribution in [-0.2, 0) is 0 Å². The Labute approximate surface area is 109 Å². The van der Waals surface area contributed by atoms with Gasteiger partial charge in [-0.3, -0.25) is 0 Å². The molecule has 18 heavy (non-hydrogen) atoms. The van der Waals surface area contributed by atoms with E-state index in [1.807, 2.05) is 31.2 Å². The van der Waals surface area contributed by atoms with E-state index < -0.39 is 6.10 Å². The predicted octanol–water partition coefficient (Wildman–Crippen LogP) is 4.60. The number of aryl methyl sites for hydroxylation is 1. The Bertz CT molecular complexity index is 513. The van der Waals surface area contributed by atoms with Crippen molar-refractivity contribution in [1.82, 2.24) is 0 Å². The van der Waals surface area contributed by atoms with Crippen LogP contribution >= 0.6 is 0 Å². The van der Waals surface area contributed by atoms with Crippen LogP contribution in [0, 0.1) is 12.8 Å². The molecule has 1 aromatic heterocycles. The third-order valence-electron chi connectivity index (χ3n) is 3.56. The number of furan rings is 1. The van der Waals surface area contributed by atoms with E-state index in [0.717, 1.165) is 35.1 Å². The van der Waals surface area contributed by atoms with Crippen LogP contribution in [0.4, 0.5) is 0 Å². The molecule has 2 heteroatoms. The van der Waals surface area contributed by atoms with Crippen LogP contribution in [0.2, 0.25) is 0 Å². The van der Waals surface area contributed by atoms with Gasteiger partial charge in [0.1, 0.15) is 11.3 Å². The first-order valence-electron chi connectivity index (χ1n) is 6.79. The zero-order valence-corrected chi connectivity index (χ0v) is 11.4. The standard InChI is InChI=1S/C16H22O2/c1-4-7-11(2)10-14(17)16-12(3)18-15-9-6-5-8-13(15)16/h5-6,8-9,11,14,17H,4,7,10H2,1-3H3. The van der Waals surface area contributed by atoms with Gasteiger partial charge < -0.3 is 9.52 Å². The number of aliphatic hydroxyl groups is 1. The van der Waals surface area contributed by atoms with Crippen LogP contribution < -0.4 is 0 Å². The molecule has 0 radical (unpaired) electrons. The van der Waals surface area contributed by atoms with Gasteiger partial charge in [0.15, 0.2) is 0 Å². The quantitative estimate of drug-likeness (QED) is 0.836. The summed E-state index contributed by atoms with van der Waals surface area (Å²) < 4.78 is 5.70. The molecule has 0 fully saturated rings. The van der Waals surface area contributed by atoms with E-state index in [4.69, 9.17) is 4.42 Å². The molecule has 0 aliphatic carbocycles. The molecule has 98 valence electrons. The summed E-state index contributed by atoms with van der Waals surface area (Å²) in [7, 11) is 0. The summed E-state index contributed by atoms with van der Waals surface area (Å²) in [6.07, 6.45) is 2.71. The number of aliphatic hydroxyl groups excluding tert-OH is 1. The van der Waals surface area contributed by atoms with Crippen molar-refractivity contribution < 1.29 is 9.52 Å². The molecule has 1 heterocycles. The van der Waals surface area contributed by atoms with E-state index in [2.05, 4.69) is 13.8 Å². The zero-order chi connectivity index (χ0) is 13.1. The number of fused-ring (bicyclic) bond motifs is 1. The minimum atomic E-state index is -0.421. The zero-order valence-electron chi connectivity index (χ0n) is 11.4. The highest BCUT2D eigenvalue weighted by Crippen LogP contribution is 2.33. The van der Waals surface area contributed by atoms with Gasteiger partial charge in [0.05, 0.1) is 6.10 Å². The maximum Gasteiger partial charge on any atom is 0.134 e. The van der Waals surface area contributed by atoms with Gasteiger partial charge in [0.25, 0.3) is 0 Å². The Morgan fingerprint density at radius 1 is 1.28 bits per heavy atom. The fraction of sp³-hybridized carbons (Fsp3) is 0.500. The molecule has 2 atom stereocenters. The van der Waals surface area contributed by atoms with Gasteiger partial charge in [-0.2, -0.15) is 0 Å². The van der Waals surface area contributed by atoms with E-state index >= 15 is 0 Å². The van der Waals surface area contributed by atoms with E-state index in [1.54, 1.807) is 0 Å². The van der Waals surface area contributed by atoms with Gasteiger partial charge in [-0.05, 0) is 25.3 Å². The van der Waals surface area contributed by atoms with Crippen LogP contribution in [0.1, 0.15) is 50.5 Å². The summed E-state index contributed by atoms with van der Waals surface area (Å²) in [6.45, 7) is 6.31. The number of para-hydroxylation sites is 1. The highest BCUT2D eigenvalue weighted by atomic mass is 16.3. The lowest BCUT2D eigenvalue weighted by Crippen LogP contribution is -2.05. The van der Waals surface area contributed by atoms with E-state index in [1.165, 1.54) is 6.42 Å². The molecule has 2 unspecified atom stereocenters. The number of rotatable bonds is 5. The Balaban J connectivity index is 2.27. The minimum absolute atomic E-state index is 0.421. The molecule has 1 N–H and O–H groups in total. The fourth-order valence-corrected chi connectivity index (χ4v) is 2.71. The SMILES string of the molecule is CCCC(C)CC(O)c1c(C)oc2ccccc12.